The molecule has 0 bridgehead atoms. The molecule has 1 fully saturated rings. The van der Waals surface area contributed by atoms with Crippen molar-refractivity contribution < 1.29 is 13.5 Å². The molecular formula is C12H19NO3S2. The lowest BCUT2D eigenvalue weighted by atomic mass is 9.92. The van der Waals surface area contributed by atoms with Crippen LogP contribution in [-0.4, -0.2) is 19.6 Å². The standard InChI is InChI=1S/C12H19NO3S2/c1-12(2)5-3-9(7-12)13-18(15,16)11-4-6-17-10(11)8-14/h4,6,9,13-14H,3,5,7-8H2,1-2H3. The molecule has 1 atom stereocenters. The molecule has 2 N–H and O–H groups in total. The molecule has 102 valence electrons. The summed E-state index contributed by atoms with van der Waals surface area (Å²) < 4.78 is 27.2. The number of thiophene rings is 1. The number of hydrogen-bond donors (Lipinski definition) is 2. The predicted octanol–water partition coefficient (Wildman–Crippen LogP) is 2.10. The van der Waals surface area contributed by atoms with Gasteiger partial charge < -0.3 is 5.11 Å². The van der Waals surface area contributed by atoms with Crippen molar-refractivity contribution in [2.45, 2.75) is 50.7 Å². The van der Waals surface area contributed by atoms with Gasteiger partial charge in [0.25, 0.3) is 0 Å². The van der Waals surface area contributed by atoms with Gasteiger partial charge in [-0.3, -0.25) is 0 Å². The van der Waals surface area contributed by atoms with Gasteiger partial charge in [0.05, 0.1) is 11.5 Å². The number of hydrogen-bond acceptors (Lipinski definition) is 4. The maximum absolute atomic E-state index is 12.2. The third-order valence-corrected chi connectivity index (χ3v) is 6.07. The van der Waals surface area contributed by atoms with Crippen molar-refractivity contribution >= 4 is 21.4 Å². The SMILES string of the molecule is CC1(C)CCC(NS(=O)(=O)c2ccsc2CO)C1. The third-order valence-electron chi connectivity index (χ3n) is 3.43. The highest BCUT2D eigenvalue weighted by Crippen LogP contribution is 2.37. The first-order valence-electron chi connectivity index (χ1n) is 6.04. The number of nitrogens with one attached hydrogen (secondary N) is 1. The van der Waals surface area contributed by atoms with Gasteiger partial charge in [0.2, 0.25) is 10.0 Å². The Morgan fingerprint density at radius 3 is 2.83 bits per heavy atom. The molecule has 0 radical (unpaired) electrons. The fraction of sp³-hybridized carbons (Fsp3) is 0.667. The highest BCUT2D eigenvalue weighted by atomic mass is 32.2. The summed E-state index contributed by atoms with van der Waals surface area (Å²) in [7, 11) is -3.49. The lowest BCUT2D eigenvalue weighted by Gasteiger charge is -2.17. The van der Waals surface area contributed by atoms with Gasteiger partial charge in [-0.05, 0) is 36.1 Å². The zero-order valence-corrected chi connectivity index (χ0v) is 12.3. The fourth-order valence-corrected chi connectivity index (χ4v) is 5.07. The monoisotopic (exact) mass is 289 g/mol. The molecular weight excluding hydrogens is 270 g/mol. The minimum atomic E-state index is -3.49. The number of sulfonamides is 1. The highest BCUT2D eigenvalue weighted by Gasteiger charge is 2.34. The van der Waals surface area contributed by atoms with E-state index in [9.17, 15) is 8.42 Å². The molecule has 1 unspecified atom stereocenters. The molecule has 0 amide bonds. The molecule has 1 aliphatic carbocycles. The number of aliphatic hydroxyl groups excluding tert-OH is 1. The Bertz CT molecular complexity index is 519. The molecule has 6 heteroatoms. The molecule has 4 nitrogen and oxygen atoms in total. The maximum Gasteiger partial charge on any atom is 0.242 e. The molecule has 2 rings (SSSR count). The summed E-state index contributed by atoms with van der Waals surface area (Å²) in [6.45, 7) is 4.08. The predicted molar refractivity (Wildman–Crippen MR) is 72.0 cm³/mol. The lowest BCUT2D eigenvalue weighted by molar-refractivity contribution is 0.282. The van der Waals surface area contributed by atoms with Gasteiger partial charge in [-0.2, -0.15) is 0 Å². The smallest absolute Gasteiger partial charge is 0.242 e. The van der Waals surface area contributed by atoms with E-state index < -0.39 is 10.0 Å². The number of rotatable bonds is 4. The van der Waals surface area contributed by atoms with Crippen molar-refractivity contribution in [3.05, 3.63) is 16.3 Å². The summed E-state index contributed by atoms with van der Waals surface area (Å²) in [5.74, 6) is 0. The van der Waals surface area contributed by atoms with Crippen molar-refractivity contribution in [2.75, 3.05) is 0 Å². The largest absolute Gasteiger partial charge is 0.391 e. The second-order valence-corrected chi connectivity index (χ2v) is 8.27. The second kappa shape index (κ2) is 4.92. The van der Waals surface area contributed by atoms with Crippen molar-refractivity contribution in [3.8, 4) is 0 Å². The molecule has 0 aromatic carbocycles. The summed E-state index contributed by atoms with van der Waals surface area (Å²) in [6.07, 6.45) is 2.78. The van der Waals surface area contributed by atoms with Gasteiger partial charge in [0.15, 0.2) is 0 Å². The molecule has 1 saturated carbocycles. The van der Waals surface area contributed by atoms with E-state index in [-0.39, 0.29) is 23.0 Å². The van der Waals surface area contributed by atoms with E-state index in [4.69, 9.17) is 5.11 Å². The van der Waals surface area contributed by atoms with Crippen molar-refractivity contribution in [3.63, 3.8) is 0 Å². The second-order valence-electron chi connectivity index (χ2n) is 5.59. The van der Waals surface area contributed by atoms with Crippen LogP contribution >= 0.6 is 11.3 Å². The Kier molecular flexibility index (Phi) is 3.82. The van der Waals surface area contributed by atoms with Gasteiger partial charge >= 0.3 is 0 Å². The third kappa shape index (κ3) is 2.93. The summed E-state index contributed by atoms with van der Waals surface area (Å²) in [5.41, 5.74) is 0.210. The van der Waals surface area contributed by atoms with Crippen LogP contribution in [0.4, 0.5) is 0 Å². The zero-order chi connectivity index (χ0) is 13.4. The average molecular weight is 289 g/mol. The van der Waals surface area contributed by atoms with Crippen LogP contribution in [0.1, 0.15) is 38.0 Å². The van der Waals surface area contributed by atoms with Crippen LogP contribution in [0.25, 0.3) is 0 Å². The molecule has 0 aliphatic heterocycles. The minimum absolute atomic E-state index is 0.0106. The Morgan fingerprint density at radius 1 is 1.56 bits per heavy atom. The van der Waals surface area contributed by atoms with E-state index >= 15 is 0 Å². The van der Waals surface area contributed by atoms with Gasteiger partial charge in [-0.25, -0.2) is 13.1 Å². The van der Waals surface area contributed by atoms with E-state index in [0.717, 1.165) is 19.3 Å². The molecule has 0 saturated heterocycles. The Labute approximate surface area is 112 Å². The van der Waals surface area contributed by atoms with Gasteiger partial charge in [-0.15, -0.1) is 11.3 Å². The van der Waals surface area contributed by atoms with Crippen molar-refractivity contribution in [2.24, 2.45) is 5.41 Å². The Balaban J connectivity index is 2.14. The van der Waals surface area contributed by atoms with Gasteiger partial charge in [0, 0.05) is 10.9 Å². The van der Waals surface area contributed by atoms with Crippen LogP contribution in [0.15, 0.2) is 16.3 Å². The van der Waals surface area contributed by atoms with Crippen LogP contribution in [0.3, 0.4) is 0 Å². The van der Waals surface area contributed by atoms with Crippen LogP contribution in [0.2, 0.25) is 0 Å². The highest BCUT2D eigenvalue weighted by molar-refractivity contribution is 7.89. The van der Waals surface area contributed by atoms with E-state index in [1.165, 1.54) is 11.3 Å². The normalized spacial score (nSPS) is 23.4. The average Bonchev–Trinajstić information content (AvgIpc) is 2.84. The van der Waals surface area contributed by atoms with E-state index in [1.54, 1.807) is 11.4 Å². The topological polar surface area (TPSA) is 66.4 Å². The molecule has 0 spiro atoms. The Hall–Kier alpha value is -0.430. The first-order chi connectivity index (χ1) is 8.34. The van der Waals surface area contributed by atoms with Crippen molar-refractivity contribution in [1.29, 1.82) is 0 Å². The summed E-state index contributed by atoms with van der Waals surface area (Å²) in [6, 6.07) is 1.56. The van der Waals surface area contributed by atoms with E-state index in [1.807, 2.05) is 0 Å². The first-order valence-corrected chi connectivity index (χ1v) is 8.40. The summed E-state index contributed by atoms with van der Waals surface area (Å²) >= 11 is 1.26. The van der Waals surface area contributed by atoms with E-state index in [2.05, 4.69) is 18.6 Å². The maximum atomic E-state index is 12.2. The fourth-order valence-electron chi connectivity index (χ4n) is 2.50. The van der Waals surface area contributed by atoms with E-state index in [0.29, 0.717) is 4.88 Å². The number of aliphatic hydroxyl groups is 1. The molecule has 1 heterocycles. The summed E-state index contributed by atoms with van der Waals surface area (Å²) in [4.78, 5) is 0.722. The van der Waals surface area contributed by atoms with Crippen LogP contribution < -0.4 is 4.72 Å². The quantitative estimate of drug-likeness (QED) is 0.892. The van der Waals surface area contributed by atoms with Crippen molar-refractivity contribution in [1.82, 2.24) is 4.72 Å². The van der Waals surface area contributed by atoms with Crippen LogP contribution in [0.5, 0.6) is 0 Å². The van der Waals surface area contributed by atoms with Gasteiger partial charge in [-0.1, -0.05) is 13.8 Å². The molecule has 1 aromatic rings. The molecule has 1 aliphatic rings. The minimum Gasteiger partial charge on any atom is -0.391 e. The lowest BCUT2D eigenvalue weighted by Crippen LogP contribution is -2.33. The summed E-state index contributed by atoms with van der Waals surface area (Å²) in [5, 5.41) is 10.8. The zero-order valence-electron chi connectivity index (χ0n) is 10.6. The van der Waals surface area contributed by atoms with Crippen LogP contribution in [-0.2, 0) is 16.6 Å². The first kappa shape index (κ1) is 14.0. The Morgan fingerprint density at radius 2 is 2.28 bits per heavy atom. The van der Waals surface area contributed by atoms with Gasteiger partial charge in [0.1, 0.15) is 0 Å². The molecule has 18 heavy (non-hydrogen) atoms. The van der Waals surface area contributed by atoms with Crippen LogP contribution in [0, 0.1) is 5.41 Å². The molecule has 1 aromatic heterocycles.